The van der Waals surface area contributed by atoms with E-state index in [0.29, 0.717) is 11.1 Å². The second-order valence-corrected chi connectivity index (χ2v) is 8.14. The van der Waals surface area contributed by atoms with Gasteiger partial charge in [0.05, 0.1) is 5.52 Å². The minimum Gasteiger partial charge on any atom is -0.449 e. The average molecular weight is 440 g/mol. The molecule has 5 rings (SSSR count). The molecule has 3 N–H and O–H groups in total. The standard InChI is InChI=1S/C27H24N2O4/c30-24(26(31)22-13-5-7-17-8-6-14-28-25(17)22)15-29-27(32)33-16-23-20-11-3-1-9-18(20)19-10-2-4-12-21(19)23/h1-14,23-24,26,30-31H,15-16H2,(H,29,32). The van der Waals surface area contributed by atoms with Crippen LogP contribution in [-0.4, -0.2) is 40.5 Å². The number of amides is 1. The van der Waals surface area contributed by atoms with Gasteiger partial charge in [-0.15, -0.1) is 0 Å². The summed E-state index contributed by atoms with van der Waals surface area (Å²) in [4.78, 5) is 16.7. The van der Waals surface area contributed by atoms with E-state index in [9.17, 15) is 15.0 Å². The Morgan fingerprint density at radius 1 is 0.909 bits per heavy atom. The summed E-state index contributed by atoms with van der Waals surface area (Å²) in [5, 5.41) is 24.5. The molecule has 3 aromatic carbocycles. The summed E-state index contributed by atoms with van der Waals surface area (Å²) < 4.78 is 5.49. The van der Waals surface area contributed by atoms with Gasteiger partial charge in [-0.25, -0.2) is 4.79 Å². The number of carbonyl (C=O) groups excluding carboxylic acids is 1. The lowest BCUT2D eigenvalue weighted by Crippen LogP contribution is -2.36. The topological polar surface area (TPSA) is 91.7 Å². The van der Waals surface area contributed by atoms with E-state index >= 15 is 0 Å². The Hall–Kier alpha value is -3.74. The van der Waals surface area contributed by atoms with Crippen LogP contribution in [-0.2, 0) is 4.74 Å². The molecule has 1 aliphatic carbocycles. The van der Waals surface area contributed by atoms with Crippen molar-refractivity contribution < 1.29 is 19.7 Å². The monoisotopic (exact) mass is 440 g/mol. The first-order valence-corrected chi connectivity index (χ1v) is 10.9. The number of carbonyl (C=O) groups is 1. The molecule has 4 aromatic rings. The van der Waals surface area contributed by atoms with Crippen molar-refractivity contribution in [1.82, 2.24) is 10.3 Å². The highest BCUT2D eigenvalue weighted by atomic mass is 16.5. The first kappa shape index (κ1) is 21.1. The van der Waals surface area contributed by atoms with Gasteiger partial charge in [0.15, 0.2) is 0 Å². The number of aromatic nitrogens is 1. The molecule has 1 aromatic heterocycles. The molecule has 0 radical (unpaired) electrons. The number of para-hydroxylation sites is 1. The predicted octanol–water partition coefficient (Wildman–Crippen LogP) is 4.17. The van der Waals surface area contributed by atoms with E-state index < -0.39 is 18.3 Å². The van der Waals surface area contributed by atoms with E-state index in [-0.39, 0.29) is 19.1 Å². The van der Waals surface area contributed by atoms with E-state index in [1.165, 1.54) is 0 Å². The summed E-state index contributed by atoms with van der Waals surface area (Å²) in [7, 11) is 0. The highest BCUT2D eigenvalue weighted by Gasteiger charge is 2.29. The number of aliphatic hydroxyl groups is 2. The van der Waals surface area contributed by atoms with Crippen LogP contribution >= 0.6 is 0 Å². The number of aliphatic hydroxyl groups excluding tert-OH is 2. The molecule has 1 aliphatic rings. The van der Waals surface area contributed by atoms with Gasteiger partial charge >= 0.3 is 6.09 Å². The van der Waals surface area contributed by atoms with Gasteiger partial charge in [0, 0.05) is 29.6 Å². The Morgan fingerprint density at radius 2 is 1.58 bits per heavy atom. The summed E-state index contributed by atoms with van der Waals surface area (Å²) in [6.07, 6.45) is -1.41. The fourth-order valence-corrected chi connectivity index (χ4v) is 4.52. The van der Waals surface area contributed by atoms with Crippen LogP contribution < -0.4 is 5.32 Å². The number of alkyl carbamates (subject to hydrolysis) is 1. The van der Waals surface area contributed by atoms with E-state index in [0.717, 1.165) is 27.6 Å². The molecule has 6 heteroatoms. The average Bonchev–Trinajstić information content (AvgIpc) is 3.19. The summed E-state index contributed by atoms with van der Waals surface area (Å²) in [5.74, 6) is -0.0413. The third-order valence-electron chi connectivity index (χ3n) is 6.15. The minimum absolute atomic E-state index is 0.0413. The van der Waals surface area contributed by atoms with Crippen LogP contribution in [0.4, 0.5) is 4.79 Å². The Labute approximate surface area is 191 Å². The van der Waals surface area contributed by atoms with Gasteiger partial charge in [0.1, 0.15) is 18.8 Å². The minimum atomic E-state index is -1.21. The maximum Gasteiger partial charge on any atom is 0.407 e. The number of ether oxygens (including phenoxy) is 1. The summed E-state index contributed by atoms with van der Waals surface area (Å²) in [6.45, 7) is 0.0345. The lowest BCUT2D eigenvalue weighted by Gasteiger charge is -2.20. The van der Waals surface area contributed by atoms with Crippen LogP contribution in [0.15, 0.2) is 85.1 Å². The van der Waals surface area contributed by atoms with Crippen molar-refractivity contribution in [2.24, 2.45) is 0 Å². The smallest absolute Gasteiger partial charge is 0.407 e. The molecular weight excluding hydrogens is 416 g/mol. The van der Waals surface area contributed by atoms with Gasteiger partial charge in [0.2, 0.25) is 0 Å². The van der Waals surface area contributed by atoms with Crippen molar-refractivity contribution in [2.75, 3.05) is 13.2 Å². The molecule has 1 amide bonds. The third-order valence-corrected chi connectivity index (χ3v) is 6.15. The molecule has 33 heavy (non-hydrogen) atoms. The van der Waals surface area contributed by atoms with E-state index in [4.69, 9.17) is 4.74 Å². The van der Waals surface area contributed by atoms with Crippen molar-refractivity contribution in [2.45, 2.75) is 18.1 Å². The SMILES string of the molecule is O=C(NCC(O)C(O)c1cccc2cccnc12)OCC1c2ccccc2-c2ccccc21. The molecule has 2 unspecified atom stereocenters. The Kier molecular flexibility index (Phi) is 5.77. The lowest BCUT2D eigenvalue weighted by molar-refractivity contribution is 0.0193. The molecule has 166 valence electrons. The number of hydrogen-bond acceptors (Lipinski definition) is 5. The molecule has 0 aliphatic heterocycles. The molecule has 1 heterocycles. The van der Waals surface area contributed by atoms with Gasteiger partial charge in [-0.1, -0.05) is 72.8 Å². The molecular formula is C27H24N2O4. The highest BCUT2D eigenvalue weighted by molar-refractivity contribution is 5.82. The zero-order valence-electron chi connectivity index (χ0n) is 17.9. The van der Waals surface area contributed by atoms with Gasteiger partial charge < -0.3 is 20.3 Å². The fraction of sp³-hybridized carbons (Fsp3) is 0.185. The van der Waals surface area contributed by atoms with Gasteiger partial charge in [-0.3, -0.25) is 4.98 Å². The lowest BCUT2D eigenvalue weighted by atomic mass is 9.98. The maximum absolute atomic E-state index is 12.4. The van der Waals surface area contributed by atoms with Crippen LogP contribution in [0, 0.1) is 0 Å². The van der Waals surface area contributed by atoms with E-state index in [1.807, 2.05) is 42.5 Å². The number of nitrogens with one attached hydrogen (secondary N) is 1. The molecule has 0 saturated heterocycles. The van der Waals surface area contributed by atoms with Crippen LogP contribution in [0.5, 0.6) is 0 Å². The van der Waals surface area contributed by atoms with E-state index in [1.54, 1.807) is 18.3 Å². The second kappa shape index (κ2) is 9.02. The first-order valence-electron chi connectivity index (χ1n) is 10.9. The molecule has 2 atom stereocenters. The normalized spacial score (nSPS) is 14.4. The zero-order chi connectivity index (χ0) is 22.8. The van der Waals surface area contributed by atoms with Crippen molar-refractivity contribution in [3.63, 3.8) is 0 Å². The Morgan fingerprint density at radius 3 is 2.30 bits per heavy atom. The number of hydrogen-bond donors (Lipinski definition) is 3. The zero-order valence-corrected chi connectivity index (χ0v) is 17.9. The van der Waals surface area contributed by atoms with Crippen LogP contribution in [0.3, 0.4) is 0 Å². The number of pyridine rings is 1. The number of rotatable bonds is 6. The summed E-state index contributed by atoms with van der Waals surface area (Å²) in [6, 6.07) is 25.3. The number of fused-ring (bicyclic) bond motifs is 4. The van der Waals surface area contributed by atoms with Crippen molar-refractivity contribution in [1.29, 1.82) is 0 Å². The van der Waals surface area contributed by atoms with E-state index in [2.05, 4.69) is 34.6 Å². The highest BCUT2D eigenvalue weighted by Crippen LogP contribution is 2.44. The third kappa shape index (κ3) is 4.06. The summed E-state index contributed by atoms with van der Waals surface area (Å²) >= 11 is 0. The van der Waals surface area contributed by atoms with Crippen molar-refractivity contribution in [3.05, 3.63) is 102 Å². The van der Waals surface area contributed by atoms with Crippen LogP contribution in [0.2, 0.25) is 0 Å². The molecule has 6 nitrogen and oxygen atoms in total. The van der Waals surface area contributed by atoms with Gasteiger partial charge in [-0.2, -0.15) is 0 Å². The molecule has 0 saturated carbocycles. The van der Waals surface area contributed by atoms with Crippen molar-refractivity contribution in [3.8, 4) is 11.1 Å². The Balaban J connectivity index is 1.21. The quantitative estimate of drug-likeness (QED) is 0.419. The molecule has 0 spiro atoms. The fourth-order valence-electron chi connectivity index (χ4n) is 4.52. The predicted molar refractivity (Wildman–Crippen MR) is 126 cm³/mol. The van der Waals surface area contributed by atoms with Crippen LogP contribution in [0.1, 0.15) is 28.7 Å². The molecule has 0 bridgehead atoms. The summed E-state index contributed by atoms with van der Waals surface area (Å²) in [5.41, 5.74) is 5.70. The largest absolute Gasteiger partial charge is 0.449 e. The Bertz CT molecular complexity index is 1260. The maximum atomic E-state index is 12.4. The number of benzene rings is 3. The van der Waals surface area contributed by atoms with Gasteiger partial charge in [0.25, 0.3) is 0 Å². The van der Waals surface area contributed by atoms with Crippen molar-refractivity contribution >= 4 is 17.0 Å². The van der Waals surface area contributed by atoms with Gasteiger partial charge in [-0.05, 0) is 28.3 Å². The first-order chi connectivity index (χ1) is 16.1. The number of nitrogens with zero attached hydrogens (tertiary/aromatic N) is 1. The molecule has 0 fully saturated rings. The second-order valence-electron chi connectivity index (χ2n) is 8.14. The van der Waals surface area contributed by atoms with Crippen LogP contribution in [0.25, 0.3) is 22.0 Å².